The van der Waals surface area contributed by atoms with E-state index in [1.807, 2.05) is 0 Å². The lowest BCUT2D eigenvalue weighted by Crippen LogP contribution is -1.89. The zero-order valence-electron chi connectivity index (χ0n) is 14.3. The molecule has 2 aromatic carbocycles. The highest BCUT2D eigenvalue weighted by atomic mass is 32.2. The van der Waals surface area contributed by atoms with Crippen LogP contribution in [0.15, 0.2) is 60.7 Å². The molecular formula is C22H30S. The second-order valence-corrected chi connectivity index (χ2v) is 7.43. The highest BCUT2D eigenvalue weighted by Gasteiger charge is 1.95. The van der Waals surface area contributed by atoms with E-state index < -0.39 is 0 Å². The maximum absolute atomic E-state index is 2.24. The van der Waals surface area contributed by atoms with E-state index >= 15 is 0 Å². The maximum atomic E-state index is 2.24. The molecule has 0 saturated heterocycles. The van der Waals surface area contributed by atoms with Crippen molar-refractivity contribution in [2.24, 2.45) is 0 Å². The predicted octanol–water partition coefficient (Wildman–Crippen LogP) is 6.55. The van der Waals surface area contributed by atoms with Gasteiger partial charge in [0.25, 0.3) is 0 Å². The summed E-state index contributed by atoms with van der Waals surface area (Å²) >= 11 is 2.15. The fourth-order valence-corrected chi connectivity index (χ4v) is 3.83. The Morgan fingerprint density at radius 3 is 1.35 bits per heavy atom. The van der Waals surface area contributed by atoms with Crippen LogP contribution >= 0.6 is 11.8 Å². The van der Waals surface area contributed by atoms with Gasteiger partial charge in [0.1, 0.15) is 0 Å². The summed E-state index contributed by atoms with van der Waals surface area (Å²) in [5.41, 5.74) is 2.97. The molecule has 124 valence electrons. The van der Waals surface area contributed by atoms with Crippen LogP contribution in [0.3, 0.4) is 0 Å². The third-order valence-electron chi connectivity index (χ3n) is 4.19. The Kier molecular flexibility index (Phi) is 9.65. The maximum Gasteiger partial charge on any atom is -0.00675 e. The lowest BCUT2D eigenvalue weighted by molar-refractivity contribution is 0.715. The molecule has 0 spiro atoms. The number of unbranched alkanes of at least 4 members (excludes halogenated alkanes) is 4. The molecule has 0 amide bonds. The summed E-state index contributed by atoms with van der Waals surface area (Å²) in [6.07, 6.45) is 10.6. The largest absolute Gasteiger partial charge is 0.162 e. The Bertz CT molecular complexity index is 444. The van der Waals surface area contributed by atoms with Crippen LogP contribution in [-0.4, -0.2) is 11.5 Å². The Labute approximate surface area is 146 Å². The Morgan fingerprint density at radius 2 is 0.913 bits per heavy atom. The van der Waals surface area contributed by atoms with Crippen molar-refractivity contribution in [1.82, 2.24) is 0 Å². The van der Waals surface area contributed by atoms with E-state index in [2.05, 4.69) is 72.4 Å². The van der Waals surface area contributed by atoms with Crippen LogP contribution in [0, 0.1) is 0 Å². The van der Waals surface area contributed by atoms with E-state index in [9.17, 15) is 0 Å². The topological polar surface area (TPSA) is 0 Å². The fraction of sp³-hybridized carbons (Fsp3) is 0.455. The summed E-state index contributed by atoms with van der Waals surface area (Å²) in [4.78, 5) is 0. The van der Waals surface area contributed by atoms with Crippen LogP contribution in [0.1, 0.15) is 49.7 Å². The summed E-state index contributed by atoms with van der Waals surface area (Å²) in [7, 11) is 0. The highest BCUT2D eigenvalue weighted by Crippen LogP contribution is 2.13. The zero-order valence-corrected chi connectivity index (χ0v) is 15.1. The van der Waals surface area contributed by atoms with E-state index in [0.29, 0.717) is 0 Å². The lowest BCUT2D eigenvalue weighted by Gasteiger charge is -2.04. The Morgan fingerprint density at radius 1 is 0.478 bits per heavy atom. The third-order valence-corrected chi connectivity index (χ3v) is 5.35. The van der Waals surface area contributed by atoms with Gasteiger partial charge in [0, 0.05) is 0 Å². The smallest absolute Gasteiger partial charge is 0.00675 e. The second-order valence-electron chi connectivity index (χ2n) is 6.20. The number of thioether (sulfide) groups is 1. The van der Waals surface area contributed by atoms with Crippen molar-refractivity contribution < 1.29 is 0 Å². The SMILES string of the molecule is c1ccc(CCCCCSCCCCCc2ccccc2)cc1. The summed E-state index contributed by atoms with van der Waals surface area (Å²) in [6, 6.07) is 21.7. The van der Waals surface area contributed by atoms with Crippen molar-refractivity contribution >= 4 is 11.8 Å². The monoisotopic (exact) mass is 326 g/mol. The van der Waals surface area contributed by atoms with E-state index in [0.717, 1.165) is 0 Å². The molecule has 0 aliphatic carbocycles. The van der Waals surface area contributed by atoms with Gasteiger partial charge in [-0.25, -0.2) is 0 Å². The van der Waals surface area contributed by atoms with Gasteiger partial charge in [0.2, 0.25) is 0 Å². The van der Waals surface area contributed by atoms with E-state index in [1.165, 1.54) is 74.0 Å². The molecule has 0 heterocycles. The fourth-order valence-electron chi connectivity index (χ4n) is 2.81. The third kappa shape index (κ3) is 8.86. The molecule has 23 heavy (non-hydrogen) atoms. The number of hydrogen-bond donors (Lipinski definition) is 0. The number of benzene rings is 2. The van der Waals surface area contributed by atoms with Crippen LogP contribution < -0.4 is 0 Å². The quantitative estimate of drug-likeness (QED) is 0.399. The Hall–Kier alpha value is -1.21. The first-order chi connectivity index (χ1) is 11.4. The van der Waals surface area contributed by atoms with Gasteiger partial charge in [0.05, 0.1) is 0 Å². The van der Waals surface area contributed by atoms with Gasteiger partial charge < -0.3 is 0 Å². The number of rotatable bonds is 12. The van der Waals surface area contributed by atoms with Crippen molar-refractivity contribution in [3.8, 4) is 0 Å². The van der Waals surface area contributed by atoms with Crippen LogP contribution in [-0.2, 0) is 12.8 Å². The molecule has 0 atom stereocenters. The average molecular weight is 327 g/mol. The van der Waals surface area contributed by atoms with Crippen molar-refractivity contribution in [3.05, 3.63) is 71.8 Å². The van der Waals surface area contributed by atoms with Gasteiger partial charge in [0.15, 0.2) is 0 Å². The van der Waals surface area contributed by atoms with E-state index in [4.69, 9.17) is 0 Å². The summed E-state index contributed by atoms with van der Waals surface area (Å²) in [6.45, 7) is 0. The van der Waals surface area contributed by atoms with Crippen molar-refractivity contribution in [3.63, 3.8) is 0 Å². The van der Waals surface area contributed by atoms with Crippen molar-refractivity contribution in [1.29, 1.82) is 0 Å². The summed E-state index contributed by atoms with van der Waals surface area (Å²) in [5, 5.41) is 0. The minimum Gasteiger partial charge on any atom is -0.162 e. The molecule has 0 aliphatic rings. The summed E-state index contributed by atoms with van der Waals surface area (Å²) < 4.78 is 0. The van der Waals surface area contributed by atoms with E-state index in [1.54, 1.807) is 0 Å². The van der Waals surface area contributed by atoms with Crippen LogP contribution in [0.2, 0.25) is 0 Å². The van der Waals surface area contributed by atoms with Gasteiger partial charge in [-0.2, -0.15) is 11.8 Å². The Balaban J connectivity index is 1.34. The van der Waals surface area contributed by atoms with Gasteiger partial charge in [-0.15, -0.1) is 0 Å². The molecule has 0 N–H and O–H groups in total. The predicted molar refractivity (Wildman–Crippen MR) is 105 cm³/mol. The molecule has 0 nitrogen and oxygen atoms in total. The first kappa shape index (κ1) is 18.1. The molecule has 0 saturated carbocycles. The first-order valence-corrected chi connectivity index (χ1v) is 10.3. The van der Waals surface area contributed by atoms with Gasteiger partial charge >= 0.3 is 0 Å². The van der Waals surface area contributed by atoms with Gasteiger partial charge in [-0.3, -0.25) is 0 Å². The average Bonchev–Trinajstić information content (AvgIpc) is 2.61. The molecule has 0 unspecified atom stereocenters. The molecule has 0 bridgehead atoms. The molecule has 0 radical (unpaired) electrons. The van der Waals surface area contributed by atoms with Crippen molar-refractivity contribution in [2.75, 3.05) is 11.5 Å². The molecule has 1 heteroatoms. The van der Waals surface area contributed by atoms with Crippen LogP contribution in [0.4, 0.5) is 0 Å². The molecule has 2 rings (SSSR count). The number of aryl methyl sites for hydroxylation is 2. The zero-order chi connectivity index (χ0) is 16.0. The normalized spacial score (nSPS) is 10.8. The summed E-state index contributed by atoms with van der Waals surface area (Å²) in [5.74, 6) is 2.68. The number of hydrogen-bond acceptors (Lipinski definition) is 1. The second kappa shape index (κ2) is 12.2. The lowest BCUT2D eigenvalue weighted by atomic mass is 10.1. The highest BCUT2D eigenvalue weighted by molar-refractivity contribution is 7.99. The molecule has 0 aromatic heterocycles. The molecule has 0 fully saturated rings. The van der Waals surface area contributed by atoms with Gasteiger partial charge in [-0.1, -0.05) is 73.5 Å². The molecule has 0 aliphatic heterocycles. The van der Waals surface area contributed by atoms with E-state index in [-0.39, 0.29) is 0 Å². The molecular weight excluding hydrogens is 296 g/mol. The minimum atomic E-state index is 1.24. The van der Waals surface area contributed by atoms with Crippen LogP contribution in [0.25, 0.3) is 0 Å². The van der Waals surface area contributed by atoms with Crippen molar-refractivity contribution in [2.45, 2.75) is 51.4 Å². The standard InChI is InChI=1S/C22H30S/c1-5-13-21(14-6-1)17-9-3-11-19-23-20-12-4-10-18-22-15-7-2-8-16-22/h1-2,5-8,13-16H,3-4,9-12,17-20H2. The van der Waals surface area contributed by atoms with Gasteiger partial charge in [-0.05, 0) is 61.2 Å². The minimum absolute atomic E-state index is 1.24. The first-order valence-electron chi connectivity index (χ1n) is 9.11. The molecule has 2 aromatic rings. The van der Waals surface area contributed by atoms with Crippen LogP contribution in [0.5, 0.6) is 0 Å².